The van der Waals surface area contributed by atoms with Gasteiger partial charge in [0.2, 0.25) is 0 Å². The average molecular weight is 231 g/mol. The Morgan fingerprint density at radius 2 is 2.12 bits per heavy atom. The molecule has 0 aromatic heterocycles. The smallest absolute Gasteiger partial charge is 0.0965 e. The van der Waals surface area contributed by atoms with Crippen molar-refractivity contribution in [2.24, 2.45) is 10.7 Å². The molecule has 0 radical (unpaired) electrons. The summed E-state index contributed by atoms with van der Waals surface area (Å²) in [6.07, 6.45) is 0.928. The molecular formula is C14H21N3. The van der Waals surface area contributed by atoms with Gasteiger partial charge in [-0.25, -0.2) is 4.99 Å². The highest BCUT2D eigenvalue weighted by Gasteiger charge is 2.10. The van der Waals surface area contributed by atoms with E-state index >= 15 is 0 Å². The van der Waals surface area contributed by atoms with Gasteiger partial charge >= 0.3 is 0 Å². The van der Waals surface area contributed by atoms with Crippen molar-refractivity contribution in [3.8, 4) is 0 Å². The van der Waals surface area contributed by atoms with Gasteiger partial charge < -0.3 is 11.1 Å². The van der Waals surface area contributed by atoms with Crippen LogP contribution in [0.15, 0.2) is 23.7 Å². The van der Waals surface area contributed by atoms with Crippen molar-refractivity contribution in [1.82, 2.24) is 5.32 Å². The number of amidine groups is 1. The number of benzene rings is 1. The van der Waals surface area contributed by atoms with Crippen LogP contribution in [-0.4, -0.2) is 12.9 Å². The molecule has 1 rings (SSSR count). The van der Waals surface area contributed by atoms with Crippen LogP contribution in [0, 0.1) is 6.92 Å². The van der Waals surface area contributed by atoms with E-state index in [-0.39, 0.29) is 0 Å². The van der Waals surface area contributed by atoms with Gasteiger partial charge in [0.25, 0.3) is 0 Å². The Hall–Kier alpha value is -1.77. The van der Waals surface area contributed by atoms with Crippen molar-refractivity contribution in [3.05, 3.63) is 35.4 Å². The summed E-state index contributed by atoms with van der Waals surface area (Å²) >= 11 is 0. The van der Waals surface area contributed by atoms with Crippen molar-refractivity contribution < 1.29 is 0 Å². The first-order valence-corrected chi connectivity index (χ1v) is 5.80. The van der Waals surface area contributed by atoms with Gasteiger partial charge in [-0.2, -0.15) is 0 Å². The fraction of sp³-hybridized carbons (Fsp3) is 0.357. The normalized spacial score (nSPS) is 11.4. The molecule has 3 heteroatoms. The van der Waals surface area contributed by atoms with Crippen LogP contribution >= 0.6 is 0 Å². The summed E-state index contributed by atoms with van der Waals surface area (Å²) < 4.78 is 0. The minimum Gasteiger partial charge on any atom is -0.388 e. The zero-order valence-electron chi connectivity index (χ0n) is 11.1. The molecular weight excluding hydrogens is 210 g/mol. The van der Waals surface area contributed by atoms with Gasteiger partial charge in [0.15, 0.2) is 0 Å². The van der Waals surface area contributed by atoms with E-state index in [2.05, 4.69) is 42.9 Å². The maximum absolute atomic E-state index is 5.70. The van der Waals surface area contributed by atoms with Crippen molar-refractivity contribution in [3.63, 3.8) is 0 Å². The third-order valence-corrected chi connectivity index (χ3v) is 2.63. The number of aryl methyl sites for hydroxylation is 2. The van der Waals surface area contributed by atoms with E-state index in [4.69, 9.17) is 5.73 Å². The molecule has 0 amide bonds. The van der Waals surface area contributed by atoms with E-state index in [0.717, 1.165) is 23.4 Å². The molecule has 1 aromatic rings. The van der Waals surface area contributed by atoms with E-state index in [0.29, 0.717) is 5.84 Å². The first-order valence-electron chi connectivity index (χ1n) is 5.80. The summed E-state index contributed by atoms with van der Waals surface area (Å²) in [5.74, 6) is 0.564. The molecule has 0 bridgehead atoms. The lowest BCUT2D eigenvalue weighted by molar-refractivity contribution is 1.09. The quantitative estimate of drug-likeness (QED) is 0.618. The van der Waals surface area contributed by atoms with Crippen LogP contribution in [0.25, 0.3) is 5.70 Å². The van der Waals surface area contributed by atoms with Crippen LogP contribution in [0.3, 0.4) is 0 Å². The summed E-state index contributed by atoms with van der Waals surface area (Å²) in [6, 6.07) is 4.23. The van der Waals surface area contributed by atoms with Gasteiger partial charge in [0.1, 0.15) is 0 Å². The molecule has 17 heavy (non-hydrogen) atoms. The van der Waals surface area contributed by atoms with E-state index in [9.17, 15) is 0 Å². The summed E-state index contributed by atoms with van der Waals surface area (Å²) in [4.78, 5) is 4.43. The van der Waals surface area contributed by atoms with Gasteiger partial charge in [-0.05, 0) is 31.9 Å². The molecule has 0 aliphatic heterocycles. The monoisotopic (exact) mass is 231 g/mol. The van der Waals surface area contributed by atoms with Crippen molar-refractivity contribution in [2.45, 2.75) is 27.2 Å². The molecule has 92 valence electrons. The van der Waals surface area contributed by atoms with E-state index < -0.39 is 0 Å². The van der Waals surface area contributed by atoms with E-state index in [1.165, 1.54) is 11.1 Å². The molecule has 0 heterocycles. The SMILES string of the molecule is C=C(NC)c1cc(C)cc(CC)c1N=C(C)N. The van der Waals surface area contributed by atoms with Gasteiger partial charge in [-0.1, -0.05) is 25.1 Å². The largest absolute Gasteiger partial charge is 0.388 e. The molecule has 0 atom stereocenters. The summed E-state index contributed by atoms with van der Waals surface area (Å²) in [6.45, 7) is 10.00. The topological polar surface area (TPSA) is 50.4 Å². The predicted octanol–water partition coefficient (Wildman–Crippen LogP) is 2.76. The van der Waals surface area contributed by atoms with Crippen molar-refractivity contribution in [2.75, 3.05) is 7.05 Å². The molecule has 3 nitrogen and oxygen atoms in total. The third kappa shape index (κ3) is 3.09. The highest BCUT2D eigenvalue weighted by Crippen LogP contribution is 2.30. The molecule has 3 N–H and O–H groups in total. The molecule has 1 aromatic carbocycles. The van der Waals surface area contributed by atoms with Crippen molar-refractivity contribution in [1.29, 1.82) is 0 Å². The summed E-state index contributed by atoms with van der Waals surface area (Å²) in [5.41, 5.74) is 10.9. The molecule has 0 saturated carbocycles. The molecule has 0 aliphatic carbocycles. The van der Waals surface area contributed by atoms with Gasteiger partial charge in [-0.15, -0.1) is 0 Å². The number of nitrogens with two attached hydrogens (primary N) is 1. The second-order valence-electron chi connectivity index (χ2n) is 4.16. The highest BCUT2D eigenvalue weighted by atomic mass is 14.9. The number of nitrogens with zero attached hydrogens (tertiary/aromatic N) is 1. The minimum absolute atomic E-state index is 0.564. The Morgan fingerprint density at radius 3 is 2.59 bits per heavy atom. The molecule has 0 unspecified atom stereocenters. The number of hydrogen-bond acceptors (Lipinski definition) is 2. The number of hydrogen-bond donors (Lipinski definition) is 2. The summed E-state index contributed by atoms with van der Waals surface area (Å²) in [5, 5.41) is 3.07. The van der Waals surface area contributed by atoms with Gasteiger partial charge in [0, 0.05) is 18.3 Å². The van der Waals surface area contributed by atoms with E-state index in [1.54, 1.807) is 6.92 Å². The van der Waals surface area contributed by atoms with E-state index in [1.807, 2.05) is 7.05 Å². The summed E-state index contributed by atoms with van der Waals surface area (Å²) in [7, 11) is 1.86. The van der Waals surface area contributed by atoms with Crippen LogP contribution in [0.5, 0.6) is 0 Å². The van der Waals surface area contributed by atoms with Crippen LogP contribution in [-0.2, 0) is 6.42 Å². The first-order chi connectivity index (χ1) is 7.99. The zero-order valence-corrected chi connectivity index (χ0v) is 11.1. The van der Waals surface area contributed by atoms with Crippen LogP contribution in [0.1, 0.15) is 30.5 Å². The van der Waals surface area contributed by atoms with Crippen molar-refractivity contribution >= 4 is 17.2 Å². The average Bonchev–Trinajstić information content (AvgIpc) is 2.29. The lowest BCUT2D eigenvalue weighted by Gasteiger charge is -2.14. The van der Waals surface area contributed by atoms with Crippen LogP contribution in [0.4, 0.5) is 5.69 Å². The lowest BCUT2D eigenvalue weighted by atomic mass is 10.00. The maximum atomic E-state index is 5.70. The highest BCUT2D eigenvalue weighted by molar-refractivity contribution is 5.85. The van der Waals surface area contributed by atoms with Crippen LogP contribution in [0.2, 0.25) is 0 Å². The van der Waals surface area contributed by atoms with Gasteiger partial charge in [0.05, 0.1) is 11.5 Å². The fourth-order valence-electron chi connectivity index (χ4n) is 1.80. The second kappa shape index (κ2) is 5.53. The third-order valence-electron chi connectivity index (χ3n) is 2.63. The molecule has 0 spiro atoms. The minimum atomic E-state index is 0.564. The lowest BCUT2D eigenvalue weighted by Crippen LogP contribution is -2.08. The Balaban J connectivity index is 3.49. The second-order valence-corrected chi connectivity index (χ2v) is 4.16. The standard InChI is InChI=1S/C14H21N3/c1-6-12-7-9(2)8-13(10(3)16-5)14(12)17-11(4)15/h7-8,16H,3,6H2,1-2,4-5H3,(H2,15,17). The Bertz CT molecular complexity index is 455. The Morgan fingerprint density at radius 1 is 1.47 bits per heavy atom. The maximum Gasteiger partial charge on any atom is 0.0965 e. The van der Waals surface area contributed by atoms with Gasteiger partial charge in [-0.3, -0.25) is 0 Å². The number of aliphatic imine (C=N–C) groups is 1. The molecule has 0 saturated heterocycles. The Kier molecular flexibility index (Phi) is 4.32. The number of nitrogens with one attached hydrogen (secondary N) is 1. The first kappa shape index (κ1) is 13.3. The zero-order chi connectivity index (χ0) is 13.0. The van der Waals surface area contributed by atoms with Crippen LogP contribution < -0.4 is 11.1 Å². The fourth-order valence-corrected chi connectivity index (χ4v) is 1.80. The molecule has 0 fully saturated rings. The predicted molar refractivity (Wildman–Crippen MR) is 75.6 cm³/mol. The Labute approximate surface area is 103 Å². The molecule has 0 aliphatic rings. The number of rotatable bonds is 4.